The zero-order valence-electron chi connectivity index (χ0n) is 18.2. The van der Waals surface area contributed by atoms with Gasteiger partial charge in [-0.2, -0.15) is 0 Å². The molecular formula is C26H19Cl2N3O3. The molecule has 6 nitrogen and oxygen atoms in total. The highest BCUT2D eigenvalue weighted by atomic mass is 35.5. The maximum absolute atomic E-state index is 13.6. The molecule has 0 fully saturated rings. The van der Waals surface area contributed by atoms with E-state index in [-0.39, 0.29) is 5.89 Å². The molecule has 0 bridgehead atoms. The first kappa shape index (κ1) is 22.2. The van der Waals surface area contributed by atoms with Gasteiger partial charge in [0.05, 0.1) is 23.9 Å². The number of hydrogen-bond acceptors (Lipinski definition) is 5. The number of pyridine rings is 1. The molecule has 0 saturated carbocycles. The molecule has 8 heteroatoms. The molecule has 5 aromatic rings. The molecule has 0 amide bonds. The Bertz CT molecular complexity index is 1480. The third kappa shape index (κ3) is 4.18. The van der Waals surface area contributed by atoms with Gasteiger partial charge in [-0.05, 0) is 55.0 Å². The Kier molecular flexibility index (Phi) is 6.09. The molecule has 0 unspecified atom stereocenters. The van der Waals surface area contributed by atoms with Crippen molar-refractivity contribution in [2.75, 3.05) is 6.61 Å². The van der Waals surface area contributed by atoms with Crippen molar-refractivity contribution in [3.8, 4) is 17.1 Å². The van der Waals surface area contributed by atoms with Gasteiger partial charge in [-0.15, -0.1) is 0 Å². The fraction of sp³-hybridized carbons (Fsp3) is 0.115. The summed E-state index contributed by atoms with van der Waals surface area (Å²) in [5, 5.41) is 1.61. The number of ether oxygens (including phenoxy) is 1. The second-order valence-electron chi connectivity index (χ2n) is 7.59. The largest absolute Gasteiger partial charge is 0.494 e. The number of nitrogens with zero attached hydrogens (tertiary/aromatic N) is 3. The van der Waals surface area contributed by atoms with Crippen molar-refractivity contribution in [1.29, 1.82) is 0 Å². The van der Waals surface area contributed by atoms with Crippen LogP contribution < -0.4 is 4.74 Å². The summed E-state index contributed by atoms with van der Waals surface area (Å²) >= 11 is 12.9. The predicted molar refractivity (Wildman–Crippen MR) is 132 cm³/mol. The Morgan fingerprint density at radius 1 is 1.09 bits per heavy atom. The molecule has 2 aromatic carbocycles. The fourth-order valence-electron chi connectivity index (χ4n) is 3.83. The summed E-state index contributed by atoms with van der Waals surface area (Å²) in [5.74, 6) is 0.641. The van der Waals surface area contributed by atoms with E-state index in [0.29, 0.717) is 45.8 Å². The van der Waals surface area contributed by atoms with E-state index in [4.69, 9.17) is 32.4 Å². The summed E-state index contributed by atoms with van der Waals surface area (Å²) in [6.45, 7) is 2.87. The molecule has 0 aliphatic rings. The average Bonchev–Trinajstić information content (AvgIpc) is 3.45. The molecule has 34 heavy (non-hydrogen) atoms. The average molecular weight is 492 g/mol. The van der Waals surface area contributed by atoms with E-state index in [2.05, 4.69) is 9.97 Å². The first-order valence-corrected chi connectivity index (χ1v) is 11.4. The quantitative estimate of drug-likeness (QED) is 0.237. The van der Waals surface area contributed by atoms with Crippen LogP contribution in [0.1, 0.15) is 28.7 Å². The predicted octanol–water partition coefficient (Wildman–Crippen LogP) is 6.68. The zero-order valence-corrected chi connectivity index (χ0v) is 19.7. The van der Waals surface area contributed by atoms with Crippen LogP contribution in [0, 0.1) is 0 Å². The molecule has 3 heterocycles. The fourth-order valence-corrected chi connectivity index (χ4v) is 4.29. The second kappa shape index (κ2) is 9.33. The van der Waals surface area contributed by atoms with Crippen LogP contribution in [0.3, 0.4) is 0 Å². The van der Waals surface area contributed by atoms with Gasteiger partial charge in [0.15, 0.2) is 5.76 Å². The third-order valence-electron chi connectivity index (χ3n) is 5.41. The Balaban J connectivity index is 1.61. The van der Waals surface area contributed by atoms with Crippen molar-refractivity contribution >= 4 is 39.9 Å². The topological polar surface area (TPSA) is 70.2 Å². The van der Waals surface area contributed by atoms with E-state index in [0.717, 1.165) is 16.6 Å². The van der Waals surface area contributed by atoms with Crippen molar-refractivity contribution in [1.82, 2.24) is 14.5 Å². The van der Waals surface area contributed by atoms with Crippen LogP contribution in [0.2, 0.25) is 10.2 Å². The van der Waals surface area contributed by atoms with Gasteiger partial charge in [0, 0.05) is 34.9 Å². The molecule has 3 aromatic heterocycles. The lowest BCUT2D eigenvalue weighted by molar-refractivity contribution is 0.100. The Hall–Kier alpha value is -3.61. The van der Waals surface area contributed by atoms with Crippen molar-refractivity contribution in [3.63, 3.8) is 0 Å². The number of benzene rings is 2. The number of carbonyl (C=O) groups excluding carboxylic acids is 1. The van der Waals surface area contributed by atoms with E-state index in [1.54, 1.807) is 18.5 Å². The smallest absolute Gasteiger partial charge is 0.268 e. The molecule has 0 radical (unpaired) electrons. The van der Waals surface area contributed by atoms with E-state index < -0.39 is 5.78 Å². The summed E-state index contributed by atoms with van der Waals surface area (Å²) in [6.07, 6.45) is 4.82. The number of ketones is 1. The van der Waals surface area contributed by atoms with Gasteiger partial charge in [-0.1, -0.05) is 35.3 Å². The molecule has 0 N–H and O–H groups in total. The molecule has 0 aliphatic carbocycles. The van der Waals surface area contributed by atoms with Crippen LogP contribution in [0.25, 0.3) is 22.2 Å². The molecule has 0 spiro atoms. The summed E-state index contributed by atoms with van der Waals surface area (Å²) < 4.78 is 13.3. The van der Waals surface area contributed by atoms with Gasteiger partial charge in [0.25, 0.3) is 11.7 Å². The van der Waals surface area contributed by atoms with Crippen molar-refractivity contribution < 1.29 is 13.9 Å². The third-order valence-corrected chi connectivity index (χ3v) is 6.05. The number of halogens is 2. The summed E-state index contributed by atoms with van der Waals surface area (Å²) in [5.41, 5.74) is 2.83. The molecule has 5 rings (SSSR count). The number of oxazole rings is 1. The van der Waals surface area contributed by atoms with Crippen molar-refractivity contribution in [3.05, 3.63) is 100 Å². The highest BCUT2D eigenvalue weighted by Crippen LogP contribution is 2.35. The molecule has 170 valence electrons. The van der Waals surface area contributed by atoms with Gasteiger partial charge < -0.3 is 13.7 Å². The molecule has 0 atom stereocenters. The van der Waals surface area contributed by atoms with Crippen molar-refractivity contribution in [2.45, 2.75) is 13.5 Å². The standard InChI is InChI=1S/C26H19Cl2N3O3/c1-2-33-19-9-10-21-20(12-19)23(25(28)31(21)15-16-5-7-18(27)8-6-16)24(32)26-30-14-22(34-26)17-4-3-11-29-13-17/h3-14H,2,15H2,1H3. The van der Waals surface area contributed by atoms with E-state index in [1.807, 2.05) is 60.0 Å². The molecular weight excluding hydrogens is 473 g/mol. The Morgan fingerprint density at radius 2 is 1.91 bits per heavy atom. The lowest BCUT2D eigenvalue weighted by Crippen LogP contribution is -2.04. The van der Waals surface area contributed by atoms with Gasteiger partial charge in [-0.25, -0.2) is 4.98 Å². The summed E-state index contributed by atoms with van der Waals surface area (Å²) in [7, 11) is 0. The van der Waals surface area contributed by atoms with Crippen LogP contribution in [0.5, 0.6) is 5.75 Å². The number of aromatic nitrogens is 3. The van der Waals surface area contributed by atoms with Crippen molar-refractivity contribution in [2.24, 2.45) is 0 Å². The minimum atomic E-state index is -0.409. The van der Waals surface area contributed by atoms with E-state index in [9.17, 15) is 4.79 Å². The van der Waals surface area contributed by atoms with Gasteiger partial charge in [0.1, 0.15) is 10.9 Å². The first-order valence-electron chi connectivity index (χ1n) is 10.6. The highest BCUT2D eigenvalue weighted by molar-refractivity contribution is 6.36. The minimum absolute atomic E-state index is 0.0480. The lowest BCUT2D eigenvalue weighted by Gasteiger charge is -2.08. The Morgan fingerprint density at radius 3 is 2.65 bits per heavy atom. The summed E-state index contributed by atoms with van der Waals surface area (Å²) in [4.78, 5) is 21.9. The SMILES string of the molecule is CCOc1ccc2c(c1)c(C(=O)c1ncc(-c3cccnc3)o1)c(Cl)n2Cc1ccc(Cl)cc1. The van der Waals surface area contributed by atoms with Crippen LogP contribution >= 0.6 is 23.2 Å². The van der Waals surface area contributed by atoms with Gasteiger partial charge >= 0.3 is 0 Å². The first-order chi connectivity index (χ1) is 16.5. The maximum atomic E-state index is 13.6. The van der Waals surface area contributed by atoms with Gasteiger partial charge in [-0.3, -0.25) is 9.78 Å². The molecule has 0 saturated heterocycles. The van der Waals surface area contributed by atoms with Crippen LogP contribution in [-0.4, -0.2) is 26.9 Å². The number of fused-ring (bicyclic) bond motifs is 1. The minimum Gasteiger partial charge on any atom is -0.494 e. The van der Waals surface area contributed by atoms with Crippen LogP contribution in [0.15, 0.2) is 77.6 Å². The maximum Gasteiger partial charge on any atom is 0.268 e. The zero-order chi connectivity index (χ0) is 23.7. The number of carbonyl (C=O) groups is 1. The molecule has 0 aliphatic heterocycles. The number of hydrogen-bond donors (Lipinski definition) is 0. The van der Waals surface area contributed by atoms with Crippen LogP contribution in [0.4, 0.5) is 0 Å². The highest BCUT2D eigenvalue weighted by Gasteiger charge is 2.26. The second-order valence-corrected chi connectivity index (χ2v) is 8.39. The normalized spacial score (nSPS) is 11.1. The van der Waals surface area contributed by atoms with E-state index >= 15 is 0 Å². The lowest BCUT2D eigenvalue weighted by atomic mass is 10.1. The van der Waals surface area contributed by atoms with Gasteiger partial charge in [0.2, 0.25) is 0 Å². The monoisotopic (exact) mass is 491 g/mol. The summed E-state index contributed by atoms with van der Waals surface area (Å²) in [6, 6.07) is 16.7. The van der Waals surface area contributed by atoms with E-state index in [1.165, 1.54) is 6.20 Å². The Labute approximate surface area is 205 Å². The van der Waals surface area contributed by atoms with Crippen LogP contribution in [-0.2, 0) is 6.54 Å². The number of rotatable bonds is 7.